The Balaban J connectivity index is 1.40. The molecule has 21 heavy (non-hydrogen) atoms. The largest absolute Gasteiger partial charge is 0.487 e. The van der Waals surface area contributed by atoms with Crippen molar-refractivity contribution in [1.29, 1.82) is 0 Å². The van der Waals surface area contributed by atoms with Crippen molar-refractivity contribution >= 4 is 0 Å². The van der Waals surface area contributed by atoms with E-state index < -0.39 is 0 Å². The maximum atomic E-state index is 6.16. The second-order valence-electron chi connectivity index (χ2n) is 8.34. The molecule has 4 aliphatic rings. The molecule has 2 bridgehead atoms. The predicted octanol–water partition coefficient (Wildman–Crippen LogP) is 3.92. The van der Waals surface area contributed by atoms with E-state index >= 15 is 0 Å². The van der Waals surface area contributed by atoms with Crippen molar-refractivity contribution in [2.75, 3.05) is 0 Å². The van der Waals surface area contributed by atoms with Gasteiger partial charge in [0.2, 0.25) is 0 Å². The zero-order chi connectivity index (χ0) is 14.2. The summed E-state index contributed by atoms with van der Waals surface area (Å²) in [7, 11) is 0. The molecule has 5 rings (SSSR count). The Kier molecular flexibility index (Phi) is 2.41. The first-order valence-corrected chi connectivity index (χ1v) is 8.66. The van der Waals surface area contributed by atoms with Crippen LogP contribution >= 0.6 is 0 Å². The number of nitrogens with one attached hydrogen (secondary N) is 1. The van der Waals surface area contributed by atoms with Gasteiger partial charge in [0.1, 0.15) is 11.4 Å². The highest BCUT2D eigenvalue weighted by atomic mass is 16.5. The van der Waals surface area contributed by atoms with Gasteiger partial charge in [0.25, 0.3) is 0 Å². The molecule has 5 atom stereocenters. The maximum absolute atomic E-state index is 6.16. The number of benzene rings is 1. The Bertz CT molecular complexity index is 565. The molecule has 2 nitrogen and oxygen atoms in total. The first-order chi connectivity index (χ1) is 10.1. The van der Waals surface area contributed by atoms with Gasteiger partial charge in [0.05, 0.1) is 0 Å². The van der Waals surface area contributed by atoms with Crippen LogP contribution in [0.25, 0.3) is 0 Å². The summed E-state index contributed by atoms with van der Waals surface area (Å²) in [6, 6.07) is 9.87. The van der Waals surface area contributed by atoms with Crippen LogP contribution in [0.15, 0.2) is 24.3 Å². The van der Waals surface area contributed by atoms with E-state index in [1.165, 1.54) is 24.8 Å². The molecule has 1 heterocycles. The first kappa shape index (κ1) is 12.5. The summed E-state index contributed by atoms with van der Waals surface area (Å²) in [6.07, 6.45) is 5.61. The van der Waals surface area contributed by atoms with E-state index in [4.69, 9.17) is 4.74 Å². The van der Waals surface area contributed by atoms with Crippen LogP contribution in [0.5, 0.6) is 5.75 Å². The molecular weight excluding hydrogens is 258 g/mol. The van der Waals surface area contributed by atoms with Crippen LogP contribution in [-0.2, 0) is 0 Å². The second-order valence-corrected chi connectivity index (χ2v) is 8.34. The average molecular weight is 283 g/mol. The zero-order valence-electron chi connectivity index (χ0n) is 13.0. The van der Waals surface area contributed by atoms with E-state index in [0.29, 0.717) is 6.04 Å². The maximum Gasteiger partial charge on any atom is 0.124 e. The molecule has 5 unspecified atom stereocenters. The van der Waals surface area contributed by atoms with Crippen molar-refractivity contribution in [1.82, 2.24) is 5.32 Å². The Morgan fingerprint density at radius 3 is 2.57 bits per heavy atom. The van der Waals surface area contributed by atoms with Crippen LogP contribution in [0.2, 0.25) is 0 Å². The summed E-state index contributed by atoms with van der Waals surface area (Å²) < 4.78 is 6.16. The van der Waals surface area contributed by atoms with Crippen LogP contribution < -0.4 is 10.1 Å². The predicted molar refractivity (Wildman–Crippen MR) is 83.2 cm³/mol. The quantitative estimate of drug-likeness (QED) is 0.888. The van der Waals surface area contributed by atoms with E-state index in [1.807, 2.05) is 0 Å². The van der Waals surface area contributed by atoms with E-state index in [0.717, 1.165) is 41.9 Å². The van der Waals surface area contributed by atoms with Crippen LogP contribution in [0.3, 0.4) is 0 Å². The highest BCUT2D eigenvalue weighted by Crippen LogP contribution is 2.66. The number of para-hydroxylation sites is 1. The monoisotopic (exact) mass is 283 g/mol. The van der Waals surface area contributed by atoms with Gasteiger partial charge in [-0.05, 0) is 62.8 Å². The van der Waals surface area contributed by atoms with Gasteiger partial charge in [-0.1, -0.05) is 18.2 Å². The zero-order valence-corrected chi connectivity index (χ0v) is 13.0. The van der Waals surface area contributed by atoms with Gasteiger partial charge in [-0.3, -0.25) is 0 Å². The molecule has 112 valence electrons. The number of hydrogen-bond donors (Lipinski definition) is 1. The third-order valence-electron chi connectivity index (χ3n) is 6.51. The highest BCUT2D eigenvalue weighted by Gasteiger charge is 2.65. The summed E-state index contributed by atoms with van der Waals surface area (Å²) in [4.78, 5) is 0. The summed E-state index contributed by atoms with van der Waals surface area (Å²) >= 11 is 0. The fraction of sp³-hybridized carbons (Fsp3) is 0.684. The molecular formula is C19H25NO. The van der Waals surface area contributed by atoms with Gasteiger partial charge in [-0.2, -0.15) is 0 Å². The standard InChI is InChI=1S/C19H25NO/c1-19(2)10-14(13-5-3-4-6-15(13)21-19)20-18-16-11-7-8-12(9-11)17(16)18/h3-6,11-12,14,16-18,20H,7-10H2,1-2H3. The summed E-state index contributed by atoms with van der Waals surface area (Å²) in [5.74, 6) is 5.17. The molecule has 3 saturated carbocycles. The normalized spacial score (nSPS) is 44.9. The number of ether oxygens (including phenoxy) is 1. The SMILES string of the molecule is CC1(C)CC(NC2C3C4CCC(C4)C23)c2ccccc2O1. The smallest absolute Gasteiger partial charge is 0.124 e. The van der Waals surface area contributed by atoms with Crippen molar-refractivity contribution in [3.05, 3.63) is 29.8 Å². The third kappa shape index (κ3) is 1.81. The molecule has 1 aromatic rings. The van der Waals surface area contributed by atoms with E-state index in [-0.39, 0.29) is 5.60 Å². The lowest BCUT2D eigenvalue weighted by Gasteiger charge is -2.38. The Morgan fingerprint density at radius 2 is 1.81 bits per heavy atom. The molecule has 0 amide bonds. The lowest BCUT2D eigenvalue weighted by molar-refractivity contribution is 0.0648. The minimum atomic E-state index is -0.0605. The van der Waals surface area contributed by atoms with Gasteiger partial charge >= 0.3 is 0 Å². The van der Waals surface area contributed by atoms with Crippen molar-refractivity contribution < 1.29 is 4.74 Å². The highest BCUT2D eigenvalue weighted by molar-refractivity contribution is 5.39. The van der Waals surface area contributed by atoms with E-state index in [2.05, 4.69) is 43.4 Å². The molecule has 1 N–H and O–H groups in total. The van der Waals surface area contributed by atoms with Crippen LogP contribution in [0, 0.1) is 23.7 Å². The van der Waals surface area contributed by atoms with Crippen LogP contribution in [-0.4, -0.2) is 11.6 Å². The Labute approximate surface area is 127 Å². The van der Waals surface area contributed by atoms with Crippen molar-refractivity contribution in [3.8, 4) is 5.75 Å². The van der Waals surface area contributed by atoms with Crippen LogP contribution in [0.4, 0.5) is 0 Å². The summed E-state index contributed by atoms with van der Waals surface area (Å²) in [5.41, 5.74) is 1.31. The lowest BCUT2D eigenvalue weighted by atomic mass is 9.89. The number of hydrogen-bond acceptors (Lipinski definition) is 2. The Hall–Kier alpha value is -1.02. The topological polar surface area (TPSA) is 21.3 Å². The lowest BCUT2D eigenvalue weighted by Crippen LogP contribution is -2.41. The van der Waals surface area contributed by atoms with Gasteiger partial charge in [-0.25, -0.2) is 0 Å². The molecule has 2 heteroatoms. The molecule has 0 aromatic heterocycles. The van der Waals surface area contributed by atoms with Crippen LogP contribution in [0.1, 0.15) is 51.1 Å². The van der Waals surface area contributed by atoms with Crippen molar-refractivity contribution in [2.45, 2.75) is 57.2 Å². The first-order valence-electron chi connectivity index (χ1n) is 8.66. The fourth-order valence-corrected chi connectivity index (χ4v) is 5.73. The average Bonchev–Trinajstić information content (AvgIpc) is 2.83. The Morgan fingerprint density at radius 1 is 1.10 bits per heavy atom. The number of rotatable bonds is 2. The van der Waals surface area contributed by atoms with E-state index in [1.54, 1.807) is 0 Å². The van der Waals surface area contributed by atoms with Gasteiger partial charge < -0.3 is 10.1 Å². The second kappa shape index (κ2) is 4.04. The molecule has 0 saturated heterocycles. The minimum absolute atomic E-state index is 0.0605. The fourth-order valence-electron chi connectivity index (χ4n) is 5.73. The summed E-state index contributed by atoms with van der Waals surface area (Å²) in [5, 5.41) is 4.03. The molecule has 1 aromatic carbocycles. The van der Waals surface area contributed by atoms with Gasteiger partial charge in [-0.15, -0.1) is 0 Å². The number of fused-ring (bicyclic) bond motifs is 6. The molecule has 3 fully saturated rings. The third-order valence-corrected chi connectivity index (χ3v) is 6.51. The molecule has 0 spiro atoms. The van der Waals surface area contributed by atoms with E-state index in [9.17, 15) is 0 Å². The molecule has 3 aliphatic carbocycles. The minimum Gasteiger partial charge on any atom is -0.487 e. The van der Waals surface area contributed by atoms with Gasteiger partial charge in [0, 0.05) is 24.1 Å². The van der Waals surface area contributed by atoms with Crippen molar-refractivity contribution in [3.63, 3.8) is 0 Å². The molecule has 0 radical (unpaired) electrons. The van der Waals surface area contributed by atoms with Gasteiger partial charge in [0.15, 0.2) is 0 Å². The molecule has 1 aliphatic heterocycles. The van der Waals surface area contributed by atoms with Crippen molar-refractivity contribution in [2.24, 2.45) is 23.7 Å². The summed E-state index contributed by atoms with van der Waals surface area (Å²) in [6.45, 7) is 4.43.